The molecule has 0 unspecified atom stereocenters. The highest BCUT2D eigenvalue weighted by molar-refractivity contribution is 9.10. The predicted molar refractivity (Wildman–Crippen MR) is 167 cm³/mol. The van der Waals surface area contributed by atoms with Crippen molar-refractivity contribution in [3.8, 4) is 23.1 Å². The average Bonchev–Trinajstić information content (AvgIpc) is 3.45. The van der Waals surface area contributed by atoms with Crippen molar-refractivity contribution in [1.82, 2.24) is 9.66 Å². The summed E-state index contributed by atoms with van der Waals surface area (Å²) in [5.74, 6) is 1.54. The number of non-ortho nitro benzene ring substituents is 1. The Bertz CT molecular complexity index is 2050. The summed E-state index contributed by atoms with van der Waals surface area (Å²) in [6, 6.07) is 26.2. The molecule has 2 heterocycles. The fourth-order valence-electron chi connectivity index (χ4n) is 4.55. The highest BCUT2D eigenvalue weighted by Gasteiger charge is 2.17. The van der Waals surface area contributed by atoms with Crippen LogP contribution >= 0.6 is 15.9 Å². The van der Waals surface area contributed by atoms with E-state index < -0.39 is 4.92 Å². The summed E-state index contributed by atoms with van der Waals surface area (Å²) in [4.78, 5) is 29.0. The lowest BCUT2D eigenvalue weighted by Crippen LogP contribution is -2.20. The molecular formula is C32H23BrN4O6. The van der Waals surface area contributed by atoms with Gasteiger partial charge in [-0.2, -0.15) is 9.78 Å². The van der Waals surface area contributed by atoms with Gasteiger partial charge in [-0.1, -0.05) is 42.5 Å². The lowest BCUT2D eigenvalue weighted by Gasteiger charge is -2.14. The summed E-state index contributed by atoms with van der Waals surface area (Å²) < 4.78 is 19.7. The van der Waals surface area contributed by atoms with Crippen LogP contribution in [0.4, 0.5) is 5.69 Å². The molecule has 0 spiro atoms. The molecule has 10 nitrogen and oxygen atoms in total. The smallest absolute Gasteiger partial charge is 0.282 e. The number of fused-ring (bicyclic) bond motifs is 2. The molecule has 0 bridgehead atoms. The van der Waals surface area contributed by atoms with Crippen LogP contribution in [0.5, 0.6) is 11.5 Å². The summed E-state index contributed by atoms with van der Waals surface area (Å²) >= 11 is 3.57. The van der Waals surface area contributed by atoms with Gasteiger partial charge in [0.1, 0.15) is 12.2 Å². The first-order valence-corrected chi connectivity index (χ1v) is 14.1. The normalized spacial score (nSPS) is 11.4. The van der Waals surface area contributed by atoms with Gasteiger partial charge in [-0.15, -0.1) is 0 Å². The van der Waals surface area contributed by atoms with E-state index in [1.54, 1.807) is 42.5 Å². The van der Waals surface area contributed by atoms with E-state index in [0.29, 0.717) is 56.0 Å². The number of nitrogens with zero attached hydrogens (tertiary/aromatic N) is 4. The van der Waals surface area contributed by atoms with Crippen molar-refractivity contribution >= 4 is 49.7 Å². The molecule has 11 heteroatoms. The van der Waals surface area contributed by atoms with Gasteiger partial charge in [-0.3, -0.25) is 14.9 Å². The second kappa shape index (κ2) is 11.9. The van der Waals surface area contributed by atoms with Crippen LogP contribution in [-0.4, -0.2) is 27.4 Å². The van der Waals surface area contributed by atoms with E-state index in [1.165, 1.54) is 23.0 Å². The number of ether oxygens (including phenoxy) is 2. The molecule has 4 aromatic carbocycles. The summed E-state index contributed by atoms with van der Waals surface area (Å²) in [6.45, 7) is 2.32. The zero-order chi connectivity index (χ0) is 29.9. The Morgan fingerprint density at radius 2 is 1.79 bits per heavy atom. The quantitative estimate of drug-likeness (QED) is 0.0922. The van der Waals surface area contributed by atoms with Crippen LogP contribution in [0.1, 0.15) is 18.1 Å². The fraction of sp³-hybridized carbons (Fsp3) is 0.0938. The minimum Gasteiger partial charge on any atom is -0.490 e. The van der Waals surface area contributed by atoms with Crippen molar-refractivity contribution in [2.75, 3.05) is 6.61 Å². The lowest BCUT2D eigenvalue weighted by molar-refractivity contribution is -0.384. The van der Waals surface area contributed by atoms with Crippen LogP contribution < -0.4 is 15.0 Å². The van der Waals surface area contributed by atoms with Gasteiger partial charge in [0.25, 0.3) is 11.2 Å². The third-order valence-electron chi connectivity index (χ3n) is 6.59. The van der Waals surface area contributed by atoms with Gasteiger partial charge in [0.2, 0.25) is 5.82 Å². The van der Waals surface area contributed by atoms with Gasteiger partial charge in [-0.25, -0.2) is 4.98 Å². The van der Waals surface area contributed by atoms with Gasteiger partial charge in [-0.05, 0) is 64.8 Å². The van der Waals surface area contributed by atoms with Gasteiger partial charge < -0.3 is 13.9 Å². The van der Waals surface area contributed by atoms with E-state index in [4.69, 9.17) is 18.9 Å². The van der Waals surface area contributed by atoms with Gasteiger partial charge in [0.05, 0.1) is 28.6 Å². The SMILES string of the molecule is CCOc1cc(C=Nn2c(-c3cc4ccccc4o3)nc3ccccc3c2=O)c(Br)cc1OCc1cccc([N+](=O)[O-])c1. The summed E-state index contributed by atoms with van der Waals surface area (Å²) in [5.41, 5.74) is 2.08. The van der Waals surface area contributed by atoms with Crippen LogP contribution in [0.25, 0.3) is 33.5 Å². The van der Waals surface area contributed by atoms with E-state index >= 15 is 0 Å². The molecule has 0 aliphatic heterocycles. The first-order chi connectivity index (χ1) is 20.9. The standard InChI is InChI=1S/C32H23BrN4O6/c1-2-41-28-16-22(25(33)17-29(28)42-19-20-8-7-10-23(14-20)37(39)40)18-34-36-31(30-15-21-9-3-6-13-27(21)43-30)35-26-12-5-4-11-24(26)32(36)38/h3-18H,2,19H2,1H3. The van der Waals surface area contributed by atoms with E-state index in [0.717, 1.165) is 5.39 Å². The predicted octanol–water partition coefficient (Wildman–Crippen LogP) is 7.34. The minimum absolute atomic E-state index is 0.0145. The number of halogens is 1. The number of hydrogen-bond donors (Lipinski definition) is 0. The monoisotopic (exact) mass is 638 g/mol. The van der Waals surface area contributed by atoms with Crippen LogP contribution in [0.3, 0.4) is 0 Å². The van der Waals surface area contributed by atoms with Crippen molar-refractivity contribution in [3.05, 3.63) is 127 Å². The molecule has 0 saturated heterocycles. The Hall–Kier alpha value is -5.29. The minimum atomic E-state index is -0.449. The highest BCUT2D eigenvalue weighted by atomic mass is 79.9. The molecule has 214 valence electrons. The number of rotatable bonds is 9. The molecule has 0 atom stereocenters. The molecule has 0 amide bonds. The maximum atomic E-state index is 13.6. The first kappa shape index (κ1) is 27.9. The average molecular weight is 639 g/mol. The van der Waals surface area contributed by atoms with E-state index in [1.807, 2.05) is 43.3 Å². The van der Waals surface area contributed by atoms with Crippen molar-refractivity contribution in [1.29, 1.82) is 0 Å². The second-order valence-electron chi connectivity index (χ2n) is 9.43. The number of hydrogen-bond acceptors (Lipinski definition) is 8. The zero-order valence-electron chi connectivity index (χ0n) is 22.8. The highest BCUT2D eigenvalue weighted by Crippen LogP contribution is 2.34. The van der Waals surface area contributed by atoms with Gasteiger partial charge in [0, 0.05) is 27.6 Å². The molecule has 6 rings (SSSR count). The number of para-hydroxylation sites is 2. The molecular weight excluding hydrogens is 616 g/mol. The topological polar surface area (TPSA) is 122 Å². The molecule has 0 aliphatic carbocycles. The van der Waals surface area contributed by atoms with E-state index in [-0.39, 0.29) is 23.7 Å². The maximum Gasteiger partial charge on any atom is 0.282 e. The van der Waals surface area contributed by atoms with Crippen molar-refractivity contribution in [3.63, 3.8) is 0 Å². The Morgan fingerprint density at radius 1 is 1.00 bits per heavy atom. The number of nitro groups is 1. The molecule has 0 fully saturated rings. The molecule has 0 radical (unpaired) electrons. The first-order valence-electron chi connectivity index (χ1n) is 13.3. The Balaban J connectivity index is 1.38. The van der Waals surface area contributed by atoms with Crippen LogP contribution in [0.2, 0.25) is 0 Å². The molecule has 2 aromatic heterocycles. The van der Waals surface area contributed by atoms with Crippen molar-refractivity contribution in [2.24, 2.45) is 5.10 Å². The molecule has 43 heavy (non-hydrogen) atoms. The Morgan fingerprint density at radius 3 is 2.60 bits per heavy atom. The zero-order valence-corrected chi connectivity index (χ0v) is 24.4. The van der Waals surface area contributed by atoms with Crippen LogP contribution in [-0.2, 0) is 6.61 Å². The van der Waals surface area contributed by atoms with Gasteiger partial charge >= 0.3 is 0 Å². The third kappa shape index (κ3) is 5.75. The third-order valence-corrected chi connectivity index (χ3v) is 7.28. The summed E-state index contributed by atoms with van der Waals surface area (Å²) in [5, 5.41) is 17.0. The summed E-state index contributed by atoms with van der Waals surface area (Å²) in [7, 11) is 0. The molecule has 0 saturated carbocycles. The molecule has 0 N–H and O–H groups in total. The molecule has 0 aliphatic rings. The van der Waals surface area contributed by atoms with Crippen molar-refractivity contribution < 1.29 is 18.8 Å². The Labute approximate surface area is 253 Å². The second-order valence-corrected chi connectivity index (χ2v) is 10.3. The number of benzene rings is 4. The largest absolute Gasteiger partial charge is 0.490 e. The fourth-order valence-corrected chi connectivity index (χ4v) is 4.98. The van der Waals surface area contributed by atoms with Crippen LogP contribution in [0, 0.1) is 10.1 Å². The van der Waals surface area contributed by atoms with Crippen LogP contribution in [0.15, 0.2) is 110 Å². The number of furan rings is 1. The Kier molecular flexibility index (Phi) is 7.71. The maximum absolute atomic E-state index is 13.6. The van der Waals surface area contributed by atoms with Gasteiger partial charge in [0.15, 0.2) is 17.3 Å². The number of aromatic nitrogens is 2. The summed E-state index contributed by atoms with van der Waals surface area (Å²) in [6.07, 6.45) is 1.53. The molecule has 6 aromatic rings. The number of nitro benzene ring substituents is 1. The van der Waals surface area contributed by atoms with E-state index in [2.05, 4.69) is 21.0 Å². The van der Waals surface area contributed by atoms with Crippen molar-refractivity contribution in [2.45, 2.75) is 13.5 Å². The lowest BCUT2D eigenvalue weighted by atomic mass is 10.2. The van der Waals surface area contributed by atoms with E-state index in [9.17, 15) is 14.9 Å².